The number of fused-ring (bicyclic) bond motifs is 1. The third-order valence-electron chi connectivity index (χ3n) is 5.59. The zero-order valence-electron chi connectivity index (χ0n) is 15.6. The van der Waals surface area contributed by atoms with E-state index in [9.17, 15) is 8.42 Å². The molecular weight excluding hydrogens is 362 g/mol. The Morgan fingerprint density at radius 2 is 1.78 bits per heavy atom. The molecule has 1 aliphatic heterocycles. The topological polar surface area (TPSA) is 64.6 Å². The van der Waals surface area contributed by atoms with E-state index >= 15 is 0 Å². The second-order valence-electron chi connectivity index (χ2n) is 7.55. The number of sulfone groups is 1. The maximum Gasteiger partial charge on any atom is 0.231 e. The van der Waals surface area contributed by atoms with Gasteiger partial charge in [-0.3, -0.25) is 0 Å². The van der Waals surface area contributed by atoms with Crippen molar-refractivity contribution in [2.75, 3.05) is 13.0 Å². The first-order chi connectivity index (χ1) is 12.9. The van der Waals surface area contributed by atoms with Crippen LogP contribution in [0.25, 0.3) is 0 Å². The Balaban J connectivity index is 1.38. The fraction of sp³-hybridized carbons (Fsp3) is 0.429. The smallest absolute Gasteiger partial charge is 0.231 e. The Morgan fingerprint density at radius 1 is 1.04 bits per heavy atom. The molecule has 4 rings (SSSR count). The third-order valence-corrected chi connectivity index (χ3v) is 6.72. The van der Waals surface area contributed by atoms with Crippen LogP contribution in [0.3, 0.4) is 0 Å². The van der Waals surface area contributed by atoms with Gasteiger partial charge in [0.1, 0.15) is 0 Å². The molecule has 1 aliphatic carbocycles. The summed E-state index contributed by atoms with van der Waals surface area (Å²) in [6, 6.07) is 14.2. The van der Waals surface area contributed by atoms with Crippen LogP contribution in [-0.2, 0) is 9.84 Å². The van der Waals surface area contributed by atoms with Crippen molar-refractivity contribution in [1.29, 1.82) is 0 Å². The Labute approximate surface area is 160 Å². The van der Waals surface area contributed by atoms with Crippen molar-refractivity contribution >= 4 is 9.84 Å². The predicted molar refractivity (Wildman–Crippen MR) is 104 cm³/mol. The Hall–Kier alpha value is -2.05. The Morgan fingerprint density at radius 3 is 2.52 bits per heavy atom. The van der Waals surface area contributed by atoms with Crippen molar-refractivity contribution in [3.05, 3.63) is 53.6 Å². The molecule has 2 aromatic rings. The van der Waals surface area contributed by atoms with Gasteiger partial charge in [-0.15, -0.1) is 0 Å². The van der Waals surface area contributed by atoms with Crippen molar-refractivity contribution in [2.45, 2.75) is 49.1 Å². The molecule has 1 unspecified atom stereocenters. The molecule has 6 heteroatoms. The highest BCUT2D eigenvalue weighted by molar-refractivity contribution is 7.90. The molecule has 2 aliphatic rings. The molecule has 5 nitrogen and oxygen atoms in total. The summed E-state index contributed by atoms with van der Waals surface area (Å²) >= 11 is 0. The van der Waals surface area contributed by atoms with Crippen LogP contribution in [0.15, 0.2) is 47.4 Å². The van der Waals surface area contributed by atoms with Gasteiger partial charge in [-0.25, -0.2) is 8.42 Å². The molecule has 0 bridgehead atoms. The van der Waals surface area contributed by atoms with Crippen molar-refractivity contribution in [3.63, 3.8) is 0 Å². The summed E-state index contributed by atoms with van der Waals surface area (Å²) in [5.41, 5.74) is 2.42. The quantitative estimate of drug-likeness (QED) is 0.845. The van der Waals surface area contributed by atoms with Crippen LogP contribution in [0.2, 0.25) is 0 Å². The van der Waals surface area contributed by atoms with Gasteiger partial charge in [0.05, 0.1) is 4.90 Å². The van der Waals surface area contributed by atoms with E-state index in [-0.39, 0.29) is 6.04 Å². The highest BCUT2D eigenvalue weighted by Gasteiger charge is 2.27. The van der Waals surface area contributed by atoms with Crippen molar-refractivity contribution in [2.24, 2.45) is 0 Å². The summed E-state index contributed by atoms with van der Waals surface area (Å²) in [6.07, 6.45) is 4.54. The molecule has 27 heavy (non-hydrogen) atoms. The number of hydrogen-bond acceptors (Lipinski definition) is 5. The minimum atomic E-state index is -3.14. The number of nitrogens with one attached hydrogen (secondary N) is 1. The number of ether oxygens (including phenoxy) is 2. The van der Waals surface area contributed by atoms with Gasteiger partial charge in [-0.1, -0.05) is 18.2 Å². The molecular formula is C21H25NO4S. The first-order valence-corrected chi connectivity index (χ1v) is 11.2. The summed E-state index contributed by atoms with van der Waals surface area (Å²) in [6.45, 7) is 2.47. The van der Waals surface area contributed by atoms with E-state index in [0.717, 1.165) is 30.8 Å². The van der Waals surface area contributed by atoms with Crippen LogP contribution >= 0.6 is 0 Å². The van der Waals surface area contributed by atoms with Gasteiger partial charge in [0, 0.05) is 18.3 Å². The fourth-order valence-corrected chi connectivity index (χ4v) is 4.69. The van der Waals surface area contributed by atoms with E-state index in [1.165, 1.54) is 17.4 Å². The lowest BCUT2D eigenvalue weighted by atomic mass is 9.97. The Bertz CT molecular complexity index is 924. The van der Waals surface area contributed by atoms with E-state index < -0.39 is 9.84 Å². The average Bonchev–Trinajstić information content (AvgIpc) is 3.29. The number of benzene rings is 2. The molecule has 1 saturated carbocycles. The summed E-state index contributed by atoms with van der Waals surface area (Å²) in [5.74, 6) is 2.10. The molecule has 1 heterocycles. The van der Waals surface area contributed by atoms with Gasteiger partial charge >= 0.3 is 0 Å². The Kier molecular flexibility index (Phi) is 4.86. The first kappa shape index (κ1) is 18.3. The van der Waals surface area contributed by atoms with E-state index in [0.29, 0.717) is 23.6 Å². The number of hydrogen-bond donors (Lipinski definition) is 1. The highest BCUT2D eigenvalue weighted by Crippen LogP contribution is 2.37. The van der Waals surface area contributed by atoms with E-state index in [1.807, 2.05) is 18.2 Å². The fourth-order valence-electron chi connectivity index (χ4n) is 4.06. The zero-order chi connectivity index (χ0) is 19.0. The van der Waals surface area contributed by atoms with Gasteiger partial charge in [-0.2, -0.15) is 0 Å². The minimum Gasteiger partial charge on any atom is -0.454 e. The lowest BCUT2D eigenvalue weighted by Crippen LogP contribution is -2.29. The average molecular weight is 388 g/mol. The van der Waals surface area contributed by atoms with E-state index in [2.05, 4.69) is 24.4 Å². The van der Waals surface area contributed by atoms with Crippen LogP contribution in [0.4, 0.5) is 0 Å². The van der Waals surface area contributed by atoms with E-state index in [1.54, 1.807) is 12.1 Å². The normalized spacial score (nSPS) is 22.7. The lowest BCUT2D eigenvalue weighted by Gasteiger charge is -2.20. The summed E-state index contributed by atoms with van der Waals surface area (Å²) < 4.78 is 34.1. The molecule has 0 amide bonds. The summed E-state index contributed by atoms with van der Waals surface area (Å²) in [4.78, 5) is 0.385. The SMILES string of the molecule is C[C@@H](N[C@H]1CCC(c2ccc(S(C)(=O)=O)cc2)C1)c1ccc2c(c1)OCO2. The lowest BCUT2D eigenvalue weighted by molar-refractivity contribution is 0.174. The molecule has 1 fully saturated rings. The van der Waals surface area contributed by atoms with Gasteiger partial charge in [0.25, 0.3) is 0 Å². The zero-order valence-corrected chi connectivity index (χ0v) is 16.5. The van der Waals surface area contributed by atoms with Gasteiger partial charge in [0.2, 0.25) is 6.79 Å². The van der Waals surface area contributed by atoms with Gasteiger partial charge in [-0.05, 0) is 67.5 Å². The molecule has 3 atom stereocenters. The molecule has 2 aromatic carbocycles. The molecule has 0 aromatic heterocycles. The summed E-state index contributed by atoms with van der Waals surface area (Å²) in [7, 11) is -3.14. The van der Waals surface area contributed by atoms with Crippen LogP contribution in [0.1, 0.15) is 49.3 Å². The first-order valence-electron chi connectivity index (χ1n) is 9.36. The number of rotatable bonds is 5. The highest BCUT2D eigenvalue weighted by atomic mass is 32.2. The molecule has 0 saturated heterocycles. The van der Waals surface area contributed by atoms with Crippen molar-refractivity contribution in [1.82, 2.24) is 5.32 Å². The molecule has 0 radical (unpaired) electrons. The molecule has 1 N–H and O–H groups in total. The second-order valence-corrected chi connectivity index (χ2v) is 9.56. The predicted octanol–water partition coefficient (Wildman–Crippen LogP) is 3.81. The third kappa shape index (κ3) is 3.96. The monoisotopic (exact) mass is 387 g/mol. The largest absolute Gasteiger partial charge is 0.454 e. The van der Waals surface area contributed by atoms with Crippen LogP contribution in [-0.4, -0.2) is 27.5 Å². The minimum absolute atomic E-state index is 0.232. The van der Waals surface area contributed by atoms with Crippen molar-refractivity contribution < 1.29 is 17.9 Å². The summed E-state index contributed by atoms with van der Waals surface area (Å²) in [5, 5.41) is 3.73. The maximum atomic E-state index is 11.6. The van der Waals surface area contributed by atoms with Gasteiger partial charge in [0.15, 0.2) is 21.3 Å². The van der Waals surface area contributed by atoms with Crippen LogP contribution < -0.4 is 14.8 Å². The van der Waals surface area contributed by atoms with E-state index in [4.69, 9.17) is 9.47 Å². The standard InChI is InChI=1S/C21H25NO4S/c1-14(16-6-10-20-21(12-16)26-13-25-20)22-18-7-3-17(11-18)15-4-8-19(9-5-15)27(2,23)24/h4-6,8-10,12,14,17-18,22H,3,7,11,13H2,1-2H3/t14-,17?,18+/m1/s1. The van der Waals surface area contributed by atoms with Gasteiger partial charge < -0.3 is 14.8 Å². The van der Waals surface area contributed by atoms with Crippen LogP contribution in [0.5, 0.6) is 11.5 Å². The molecule has 144 valence electrons. The second kappa shape index (κ2) is 7.17. The van der Waals surface area contributed by atoms with Crippen LogP contribution in [0, 0.1) is 0 Å². The molecule has 0 spiro atoms. The van der Waals surface area contributed by atoms with Crippen molar-refractivity contribution in [3.8, 4) is 11.5 Å². The maximum absolute atomic E-state index is 11.6.